The fourth-order valence-corrected chi connectivity index (χ4v) is 9.84. The third-order valence-corrected chi connectivity index (χ3v) is 14.2. The van der Waals surface area contributed by atoms with Crippen LogP contribution in [-0.2, 0) is 21.7 Å². The molecule has 2 aromatic heterocycles. The largest absolute Gasteiger partial charge is 0.273 e. The average molecular weight is 973 g/mol. The fourth-order valence-electron chi connectivity index (χ4n) is 9.84. The van der Waals surface area contributed by atoms with Gasteiger partial charge in [0.1, 0.15) is 0 Å². The van der Waals surface area contributed by atoms with Crippen LogP contribution in [0.1, 0.15) is 105 Å². The van der Waals surface area contributed by atoms with Crippen molar-refractivity contribution in [3.63, 3.8) is 0 Å². The number of para-hydroxylation sites is 4. The first-order valence-electron chi connectivity index (χ1n) is 25.5. The molecule has 0 saturated carbocycles. The van der Waals surface area contributed by atoms with Gasteiger partial charge in [-0.25, -0.2) is 39.9 Å². The molecule has 12 heteroatoms. The van der Waals surface area contributed by atoms with E-state index in [1.54, 1.807) is 0 Å². The second kappa shape index (κ2) is 16.6. The Morgan fingerprint density at radius 3 is 0.622 bits per heavy atom. The van der Waals surface area contributed by atoms with Gasteiger partial charge in [0.15, 0.2) is 46.6 Å². The highest BCUT2D eigenvalue weighted by atomic mass is 15.5. The molecule has 0 radical (unpaired) electrons. The number of rotatable bonds is 4. The number of aromatic nitrogens is 4. The van der Waals surface area contributed by atoms with Gasteiger partial charge in [0.2, 0.25) is 11.6 Å². The van der Waals surface area contributed by atoms with Crippen molar-refractivity contribution in [2.24, 2.45) is 20.0 Å². The quantitative estimate of drug-likeness (QED) is 0.171. The molecule has 12 rings (SSSR count). The third-order valence-electron chi connectivity index (χ3n) is 14.2. The first-order chi connectivity index (χ1) is 35.2. The smallest absolute Gasteiger partial charge is 0.202 e. The summed E-state index contributed by atoms with van der Waals surface area (Å²) in [5.41, 5.74) is 11.2. The van der Waals surface area contributed by atoms with Gasteiger partial charge in [-0.1, -0.05) is 156 Å². The van der Waals surface area contributed by atoms with Crippen LogP contribution in [0.5, 0.6) is 0 Å². The molecule has 0 unspecified atom stereocenters. The molecule has 368 valence electrons. The second-order valence-corrected chi connectivity index (χ2v) is 23.6. The first kappa shape index (κ1) is 46.7. The maximum atomic E-state index is 5.48. The van der Waals surface area contributed by atoms with E-state index in [9.17, 15) is 0 Å². The zero-order valence-electron chi connectivity index (χ0n) is 44.2. The van der Waals surface area contributed by atoms with Gasteiger partial charge in [-0.3, -0.25) is 19.6 Å². The Hall–Kier alpha value is -8.38. The zero-order valence-corrected chi connectivity index (χ0v) is 44.2. The summed E-state index contributed by atoms with van der Waals surface area (Å²) in [6.45, 7) is 26.7. The number of aliphatic imine (C=N–C) groups is 4. The Labute approximate surface area is 433 Å². The molecule has 4 aliphatic heterocycles. The van der Waals surface area contributed by atoms with Crippen LogP contribution < -0.4 is 19.6 Å². The van der Waals surface area contributed by atoms with Crippen molar-refractivity contribution in [1.29, 1.82) is 0 Å². The van der Waals surface area contributed by atoms with Crippen LogP contribution in [-0.4, -0.2) is 43.3 Å². The molecule has 0 N–H and O–H groups in total. The second-order valence-electron chi connectivity index (χ2n) is 23.6. The predicted octanol–water partition coefficient (Wildman–Crippen LogP) is 14.8. The van der Waals surface area contributed by atoms with Gasteiger partial charge < -0.3 is 0 Å². The Morgan fingerprint density at radius 1 is 0.257 bits per heavy atom. The predicted molar refractivity (Wildman–Crippen MR) is 305 cm³/mol. The SMILES string of the molecule is CC(C)(C)c1ccc(N2C3=NC(=C4N=C5C(=N4)N(c4ccc(C(C)(C)C)cc4)c4nc6ccccc6nc4N5c4ccc(C(C)(C)C)cc4)N=C3N(c3ccc(C(C)(C)C)cc3)c3nc4ccccc4nc32)cc1. The van der Waals surface area contributed by atoms with E-state index in [-0.39, 0.29) is 21.7 Å². The molecule has 0 amide bonds. The topological polar surface area (TPSA) is 114 Å². The van der Waals surface area contributed by atoms with E-state index in [2.05, 4.69) is 200 Å². The maximum Gasteiger partial charge on any atom is 0.202 e. The molecule has 8 aromatic rings. The Bertz CT molecular complexity index is 3250. The zero-order chi connectivity index (χ0) is 51.6. The van der Waals surface area contributed by atoms with Crippen molar-refractivity contribution < 1.29 is 0 Å². The van der Waals surface area contributed by atoms with Gasteiger partial charge in [-0.15, -0.1) is 0 Å². The van der Waals surface area contributed by atoms with Crippen molar-refractivity contribution in [3.8, 4) is 0 Å². The van der Waals surface area contributed by atoms with Gasteiger partial charge in [0, 0.05) is 22.7 Å². The van der Waals surface area contributed by atoms with Gasteiger partial charge in [-0.05, 0) is 117 Å². The monoisotopic (exact) mass is 973 g/mol. The number of amidine groups is 4. The highest BCUT2D eigenvalue weighted by molar-refractivity contribution is 6.56. The highest BCUT2D eigenvalue weighted by Crippen LogP contribution is 2.47. The van der Waals surface area contributed by atoms with Crippen LogP contribution in [0.2, 0.25) is 0 Å². The van der Waals surface area contributed by atoms with Crippen LogP contribution in [0.15, 0.2) is 177 Å². The van der Waals surface area contributed by atoms with Crippen molar-refractivity contribution in [2.45, 2.75) is 105 Å². The fraction of sp³-hybridized carbons (Fsp3) is 0.258. The molecule has 0 atom stereocenters. The lowest BCUT2D eigenvalue weighted by molar-refractivity contribution is 0.590. The van der Waals surface area contributed by atoms with Crippen molar-refractivity contribution >= 4 is 91.4 Å². The van der Waals surface area contributed by atoms with E-state index in [1.807, 2.05) is 48.5 Å². The molecule has 4 aliphatic rings. The minimum atomic E-state index is -0.0561. The van der Waals surface area contributed by atoms with E-state index in [1.165, 1.54) is 22.3 Å². The summed E-state index contributed by atoms with van der Waals surface area (Å²) in [5, 5.41) is 0. The molecular formula is C62H60N12. The lowest BCUT2D eigenvalue weighted by atomic mass is 9.87. The first-order valence-corrected chi connectivity index (χ1v) is 25.5. The maximum absolute atomic E-state index is 5.48. The number of fused-ring (bicyclic) bond motifs is 6. The van der Waals surface area contributed by atoms with Crippen molar-refractivity contribution in [2.75, 3.05) is 19.6 Å². The normalized spacial score (nSPS) is 15.7. The van der Waals surface area contributed by atoms with Crippen LogP contribution in [0.25, 0.3) is 22.1 Å². The Morgan fingerprint density at radius 2 is 0.446 bits per heavy atom. The molecule has 0 bridgehead atoms. The molecule has 0 spiro atoms. The van der Waals surface area contributed by atoms with Crippen LogP contribution >= 0.6 is 0 Å². The van der Waals surface area contributed by atoms with Gasteiger partial charge >= 0.3 is 0 Å². The number of nitrogens with zero attached hydrogens (tertiary/aromatic N) is 12. The average Bonchev–Trinajstić information content (AvgIpc) is 4.02. The van der Waals surface area contributed by atoms with Crippen LogP contribution in [0.3, 0.4) is 0 Å². The third kappa shape index (κ3) is 7.91. The summed E-state index contributed by atoms with van der Waals surface area (Å²) < 4.78 is 0. The minimum Gasteiger partial charge on any atom is -0.273 e. The molecule has 0 fully saturated rings. The Balaban J connectivity index is 1.12. The molecule has 12 nitrogen and oxygen atoms in total. The van der Waals surface area contributed by atoms with E-state index < -0.39 is 0 Å². The number of hydrogen-bond acceptors (Lipinski definition) is 12. The standard InChI is InChI=1S/C62H60N12/c1-59(2,3)37-21-29-41(30-22-37)71-51-52(64-46-18-14-13-17-45(46)63-51)72(42-31-23-38(24-32-42)60(4,5)6)56-55(71)67-49(68-56)50-69-57-58(70-50)74(44-35-27-40(28-36-44)62(10,11)12)54-53(65-47-19-15-16-20-48(47)66-54)73(57)43-33-25-39(26-34-43)61(7,8)9/h13-36H,1-12H3. The lowest BCUT2D eigenvalue weighted by Gasteiger charge is -2.37. The summed E-state index contributed by atoms with van der Waals surface area (Å²) >= 11 is 0. The number of benzene rings is 6. The van der Waals surface area contributed by atoms with E-state index in [0.29, 0.717) is 58.3 Å². The molecule has 74 heavy (non-hydrogen) atoms. The summed E-state index contributed by atoms with van der Waals surface area (Å²) in [4.78, 5) is 51.8. The minimum absolute atomic E-state index is 0.0561. The van der Waals surface area contributed by atoms with E-state index in [4.69, 9.17) is 39.9 Å². The van der Waals surface area contributed by atoms with Crippen LogP contribution in [0.4, 0.5) is 46.0 Å². The van der Waals surface area contributed by atoms with E-state index in [0.717, 1.165) is 44.8 Å². The molecule has 6 aromatic carbocycles. The van der Waals surface area contributed by atoms with Crippen molar-refractivity contribution in [1.82, 2.24) is 19.9 Å². The van der Waals surface area contributed by atoms with Crippen LogP contribution in [0, 0.1) is 0 Å². The summed E-state index contributed by atoms with van der Waals surface area (Å²) in [6.07, 6.45) is 0. The van der Waals surface area contributed by atoms with Gasteiger partial charge in [-0.2, -0.15) is 0 Å². The molecule has 0 aliphatic carbocycles. The molecule has 0 saturated heterocycles. The van der Waals surface area contributed by atoms with E-state index >= 15 is 0 Å². The van der Waals surface area contributed by atoms with Gasteiger partial charge in [0.05, 0.1) is 22.1 Å². The summed E-state index contributed by atoms with van der Waals surface area (Å²) in [7, 11) is 0. The van der Waals surface area contributed by atoms with Gasteiger partial charge in [0.25, 0.3) is 0 Å². The van der Waals surface area contributed by atoms with Crippen molar-refractivity contribution in [3.05, 3.63) is 179 Å². The number of anilines is 8. The lowest BCUT2D eigenvalue weighted by Crippen LogP contribution is -2.46. The summed E-state index contributed by atoms with van der Waals surface area (Å²) in [5.74, 6) is 5.50. The number of hydrogen-bond donors (Lipinski definition) is 0. The highest BCUT2D eigenvalue weighted by Gasteiger charge is 2.45. The molecule has 6 heterocycles. The summed E-state index contributed by atoms with van der Waals surface area (Å²) in [6, 6.07) is 50.5. The Kier molecular flexibility index (Phi) is 10.5. The molecular weight excluding hydrogens is 913 g/mol.